The van der Waals surface area contributed by atoms with Gasteiger partial charge < -0.3 is 19.1 Å². The standard InChI is InChI=1S/C24H30N4O4S/c1-16-20-22(32-4)25-19(15-30-2)26-23(20)33-21(16)24(29)28-13-11-27(12-14-28)10-9-17-5-7-18(31-3)8-6-17/h5-8H,9-15H2,1-4H3. The smallest absolute Gasteiger partial charge is 0.264 e. The highest BCUT2D eigenvalue weighted by atomic mass is 32.1. The van der Waals surface area contributed by atoms with Crippen LogP contribution in [0.2, 0.25) is 0 Å². The Bertz CT molecular complexity index is 1110. The van der Waals surface area contributed by atoms with Gasteiger partial charge in [-0.15, -0.1) is 11.3 Å². The molecule has 0 radical (unpaired) electrons. The van der Waals surface area contributed by atoms with Crippen LogP contribution in [0.4, 0.5) is 0 Å². The van der Waals surface area contributed by atoms with Gasteiger partial charge in [0.25, 0.3) is 5.91 Å². The molecule has 4 rings (SSSR count). The Labute approximate surface area is 198 Å². The number of carbonyl (C=O) groups excluding carboxylic acids is 1. The summed E-state index contributed by atoms with van der Waals surface area (Å²) in [7, 11) is 4.87. The number of aromatic nitrogens is 2. The molecule has 0 N–H and O–H groups in total. The Kier molecular flexibility index (Phi) is 7.42. The molecule has 0 unspecified atom stereocenters. The van der Waals surface area contributed by atoms with E-state index in [1.165, 1.54) is 16.9 Å². The summed E-state index contributed by atoms with van der Waals surface area (Å²) in [5.41, 5.74) is 2.17. The molecular weight excluding hydrogens is 440 g/mol. The van der Waals surface area contributed by atoms with Crippen LogP contribution in [-0.4, -0.2) is 79.7 Å². The molecule has 9 heteroatoms. The van der Waals surface area contributed by atoms with Gasteiger partial charge in [0.05, 0.1) is 24.5 Å². The highest BCUT2D eigenvalue weighted by Gasteiger charge is 2.27. The molecule has 0 spiro atoms. The summed E-state index contributed by atoms with van der Waals surface area (Å²) in [5.74, 6) is 1.97. The van der Waals surface area contributed by atoms with E-state index in [4.69, 9.17) is 14.2 Å². The monoisotopic (exact) mass is 470 g/mol. The molecule has 1 fully saturated rings. The van der Waals surface area contributed by atoms with Crippen LogP contribution in [0.15, 0.2) is 24.3 Å². The number of aryl methyl sites for hydroxylation is 1. The van der Waals surface area contributed by atoms with E-state index in [2.05, 4.69) is 27.0 Å². The maximum Gasteiger partial charge on any atom is 0.264 e. The zero-order chi connectivity index (χ0) is 23.4. The lowest BCUT2D eigenvalue weighted by molar-refractivity contribution is 0.0643. The summed E-state index contributed by atoms with van der Waals surface area (Å²) < 4.78 is 15.9. The van der Waals surface area contributed by atoms with Gasteiger partial charge in [0.1, 0.15) is 17.2 Å². The molecule has 1 aliphatic heterocycles. The average Bonchev–Trinajstić information content (AvgIpc) is 3.19. The third-order valence-corrected chi connectivity index (χ3v) is 7.17. The molecule has 2 aromatic heterocycles. The minimum absolute atomic E-state index is 0.0562. The van der Waals surface area contributed by atoms with Gasteiger partial charge in [-0.25, -0.2) is 4.98 Å². The van der Waals surface area contributed by atoms with Crippen LogP contribution >= 0.6 is 11.3 Å². The molecule has 3 aromatic rings. The van der Waals surface area contributed by atoms with E-state index < -0.39 is 0 Å². The first-order valence-electron chi connectivity index (χ1n) is 11.0. The summed E-state index contributed by atoms with van der Waals surface area (Å²) in [5, 5.41) is 0.809. The van der Waals surface area contributed by atoms with Crippen molar-refractivity contribution in [1.82, 2.24) is 19.8 Å². The van der Waals surface area contributed by atoms with E-state index in [-0.39, 0.29) is 5.91 Å². The second-order valence-corrected chi connectivity index (χ2v) is 9.05. The molecule has 1 saturated heterocycles. The van der Waals surface area contributed by atoms with E-state index in [0.29, 0.717) is 36.3 Å². The van der Waals surface area contributed by atoms with E-state index in [9.17, 15) is 4.79 Å². The summed E-state index contributed by atoms with van der Waals surface area (Å²) in [6.07, 6.45) is 0.982. The SMILES string of the molecule is COCc1nc(OC)c2c(C)c(C(=O)N3CCN(CCc4ccc(OC)cc4)CC3)sc2n1. The van der Waals surface area contributed by atoms with Crippen molar-refractivity contribution in [1.29, 1.82) is 0 Å². The number of amides is 1. The van der Waals surface area contributed by atoms with Crippen LogP contribution in [0.3, 0.4) is 0 Å². The number of methoxy groups -OCH3 is 3. The van der Waals surface area contributed by atoms with Gasteiger partial charge in [0.15, 0.2) is 5.82 Å². The zero-order valence-corrected chi connectivity index (χ0v) is 20.4. The van der Waals surface area contributed by atoms with Crippen molar-refractivity contribution >= 4 is 27.5 Å². The molecule has 1 aliphatic rings. The van der Waals surface area contributed by atoms with Gasteiger partial charge in [-0.1, -0.05) is 12.1 Å². The van der Waals surface area contributed by atoms with Gasteiger partial charge in [-0.3, -0.25) is 9.69 Å². The third kappa shape index (κ3) is 5.10. The largest absolute Gasteiger partial charge is 0.497 e. The molecule has 3 heterocycles. The van der Waals surface area contributed by atoms with Crippen LogP contribution in [0, 0.1) is 6.92 Å². The molecule has 0 aliphatic carbocycles. The number of thiophene rings is 1. The summed E-state index contributed by atoms with van der Waals surface area (Å²) in [4.78, 5) is 28.2. The van der Waals surface area contributed by atoms with Crippen molar-refractivity contribution in [2.24, 2.45) is 0 Å². The van der Waals surface area contributed by atoms with Crippen LogP contribution < -0.4 is 9.47 Å². The average molecular weight is 471 g/mol. The lowest BCUT2D eigenvalue weighted by Crippen LogP contribution is -2.49. The van der Waals surface area contributed by atoms with E-state index in [1.54, 1.807) is 21.3 Å². The molecule has 0 saturated carbocycles. The number of carbonyl (C=O) groups is 1. The molecule has 33 heavy (non-hydrogen) atoms. The fourth-order valence-corrected chi connectivity index (χ4v) is 5.25. The van der Waals surface area contributed by atoms with Gasteiger partial charge in [0, 0.05) is 39.8 Å². The number of hydrogen-bond donors (Lipinski definition) is 0. The highest BCUT2D eigenvalue weighted by molar-refractivity contribution is 7.20. The van der Waals surface area contributed by atoms with Crippen molar-refractivity contribution < 1.29 is 19.0 Å². The number of rotatable bonds is 8. The highest BCUT2D eigenvalue weighted by Crippen LogP contribution is 2.35. The second kappa shape index (κ2) is 10.5. The molecule has 1 aromatic carbocycles. The predicted molar refractivity (Wildman–Crippen MR) is 128 cm³/mol. The van der Waals surface area contributed by atoms with Gasteiger partial charge >= 0.3 is 0 Å². The van der Waals surface area contributed by atoms with E-state index >= 15 is 0 Å². The Morgan fingerprint density at radius 2 is 1.76 bits per heavy atom. The topological polar surface area (TPSA) is 77.0 Å². The Morgan fingerprint density at radius 1 is 1.03 bits per heavy atom. The molecule has 0 atom stereocenters. The molecule has 1 amide bonds. The first-order valence-corrected chi connectivity index (χ1v) is 11.8. The first kappa shape index (κ1) is 23.4. The zero-order valence-electron chi connectivity index (χ0n) is 19.6. The van der Waals surface area contributed by atoms with E-state index in [0.717, 1.165) is 47.6 Å². The fourth-order valence-electron chi connectivity index (χ4n) is 4.09. The lowest BCUT2D eigenvalue weighted by Gasteiger charge is -2.34. The van der Waals surface area contributed by atoms with E-state index in [1.807, 2.05) is 24.0 Å². The van der Waals surface area contributed by atoms with Crippen LogP contribution in [-0.2, 0) is 17.8 Å². The number of benzene rings is 1. The van der Waals surface area contributed by atoms with Crippen LogP contribution in [0.1, 0.15) is 26.6 Å². The fraction of sp³-hybridized carbons (Fsp3) is 0.458. The molecular formula is C24H30N4O4S. The number of piperazine rings is 1. The van der Waals surface area contributed by atoms with Gasteiger partial charge in [0.2, 0.25) is 5.88 Å². The Hall–Kier alpha value is -2.75. The molecule has 176 valence electrons. The Balaban J connectivity index is 1.40. The van der Waals surface area contributed by atoms with Crippen molar-refractivity contribution in [3.8, 4) is 11.6 Å². The van der Waals surface area contributed by atoms with Crippen LogP contribution in [0.25, 0.3) is 10.2 Å². The van der Waals surface area contributed by atoms with Gasteiger partial charge in [-0.2, -0.15) is 4.98 Å². The number of fused-ring (bicyclic) bond motifs is 1. The van der Waals surface area contributed by atoms with Crippen LogP contribution in [0.5, 0.6) is 11.6 Å². The summed E-state index contributed by atoms with van der Waals surface area (Å²) >= 11 is 1.40. The molecule has 0 bridgehead atoms. The number of ether oxygens (including phenoxy) is 3. The lowest BCUT2D eigenvalue weighted by atomic mass is 10.1. The minimum atomic E-state index is 0.0562. The first-order chi connectivity index (χ1) is 16.0. The van der Waals surface area contributed by atoms with Crippen molar-refractivity contribution in [2.75, 3.05) is 54.1 Å². The maximum absolute atomic E-state index is 13.3. The summed E-state index contributed by atoms with van der Waals surface area (Å²) in [6, 6.07) is 8.21. The minimum Gasteiger partial charge on any atom is -0.497 e. The predicted octanol–water partition coefficient (Wildman–Crippen LogP) is 3.16. The number of hydrogen-bond acceptors (Lipinski definition) is 8. The number of nitrogens with zero attached hydrogens (tertiary/aromatic N) is 4. The maximum atomic E-state index is 13.3. The Morgan fingerprint density at radius 3 is 2.39 bits per heavy atom. The van der Waals surface area contributed by atoms with Gasteiger partial charge in [-0.05, 0) is 36.6 Å². The third-order valence-electron chi connectivity index (χ3n) is 6.00. The normalized spacial score (nSPS) is 14.6. The summed E-state index contributed by atoms with van der Waals surface area (Å²) in [6.45, 7) is 6.38. The quantitative estimate of drug-likeness (QED) is 0.500. The molecule has 8 nitrogen and oxygen atoms in total. The van der Waals surface area contributed by atoms with Crippen molar-refractivity contribution in [3.05, 3.63) is 46.1 Å². The van der Waals surface area contributed by atoms with Crippen molar-refractivity contribution in [2.45, 2.75) is 20.0 Å². The second-order valence-electron chi connectivity index (χ2n) is 8.05. The van der Waals surface area contributed by atoms with Crippen molar-refractivity contribution in [3.63, 3.8) is 0 Å².